The summed E-state index contributed by atoms with van der Waals surface area (Å²) in [6.07, 6.45) is 2.35. The van der Waals surface area contributed by atoms with Crippen LogP contribution in [0.5, 0.6) is 11.5 Å². The highest BCUT2D eigenvalue weighted by Gasteiger charge is 2.25. The fourth-order valence-corrected chi connectivity index (χ4v) is 2.97. The second-order valence-corrected chi connectivity index (χ2v) is 6.66. The van der Waals surface area contributed by atoms with Crippen LogP contribution in [0.15, 0.2) is 47.1 Å². The maximum atomic E-state index is 12.2. The predicted molar refractivity (Wildman–Crippen MR) is 112 cm³/mol. The van der Waals surface area contributed by atoms with Gasteiger partial charge in [0.25, 0.3) is 5.69 Å². The van der Waals surface area contributed by atoms with E-state index in [2.05, 4.69) is 4.99 Å². The number of hydrogen-bond acceptors (Lipinski definition) is 7. The van der Waals surface area contributed by atoms with E-state index < -0.39 is 10.9 Å². The van der Waals surface area contributed by atoms with Gasteiger partial charge in [-0.15, -0.1) is 0 Å². The van der Waals surface area contributed by atoms with Gasteiger partial charge in [-0.25, -0.2) is 9.79 Å². The van der Waals surface area contributed by atoms with Crippen molar-refractivity contribution >= 4 is 35.2 Å². The Bertz CT molecular complexity index is 1030. The number of esters is 1. The second kappa shape index (κ2) is 9.41. The van der Waals surface area contributed by atoms with Gasteiger partial charge in [0, 0.05) is 17.7 Å². The summed E-state index contributed by atoms with van der Waals surface area (Å²) in [4.78, 5) is 26.7. The Balaban J connectivity index is 1.91. The molecular formula is C21H19ClN2O6. The van der Waals surface area contributed by atoms with Gasteiger partial charge in [-0.2, -0.15) is 0 Å². The minimum Gasteiger partial charge on any atom is -0.490 e. The number of carbonyl (C=O) groups is 1. The summed E-state index contributed by atoms with van der Waals surface area (Å²) < 4.78 is 16.5. The van der Waals surface area contributed by atoms with E-state index in [0.29, 0.717) is 40.9 Å². The monoisotopic (exact) mass is 430 g/mol. The molecule has 0 fully saturated rings. The van der Waals surface area contributed by atoms with Crippen LogP contribution in [0.4, 0.5) is 5.69 Å². The Labute approximate surface area is 177 Å². The number of benzene rings is 2. The van der Waals surface area contributed by atoms with Gasteiger partial charge in [-0.05, 0) is 49.2 Å². The van der Waals surface area contributed by atoms with Crippen molar-refractivity contribution in [3.63, 3.8) is 0 Å². The van der Waals surface area contributed by atoms with Crippen molar-refractivity contribution in [1.82, 2.24) is 0 Å². The van der Waals surface area contributed by atoms with Gasteiger partial charge in [0.05, 0.1) is 23.2 Å². The van der Waals surface area contributed by atoms with Crippen LogP contribution in [-0.2, 0) is 9.53 Å². The van der Waals surface area contributed by atoms with Crippen molar-refractivity contribution < 1.29 is 23.9 Å². The Morgan fingerprint density at radius 2 is 1.93 bits per heavy atom. The zero-order valence-corrected chi connectivity index (χ0v) is 17.1. The van der Waals surface area contributed by atoms with E-state index in [-0.39, 0.29) is 17.3 Å². The van der Waals surface area contributed by atoms with E-state index in [9.17, 15) is 14.9 Å². The normalized spacial score (nSPS) is 14.4. The number of carbonyl (C=O) groups excluding carboxylic acids is 1. The first-order valence-electron chi connectivity index (χ1n) is 9.29. The number of nitrogens with zero attached hydrogens (tertiary/aromatic N) is 2. The molecule has 30 heavy (non-hydrogen) atoms. The first-order chi connectivity index (χ1) is 14.4. The fraction of sp³-hybridized carbons (Fsp3) is 0.238. The number of nitro groups is 1. The summed E-state index contributed by atoms with van der Waals surface area (Å²) in [5, 5.41) is 11.1. The third-order valence-electron chi connectivity index (χ3n) is 4.03. The van der Waals surface area contributed by atoms with Crippen LogP contribution in [0.3, 0.4) is 0 Å². The molecule has 9 heteroatoms. The highest BCUT2D eigenvalue weighted by Crippen LogP contribution is 2.37. The summed E-state index contributed by atoms with van der Waals surface area (Å²) in [6, 6.07) is 8.93. The number of hydrogen-bond donors (Lipinski definition) is 0. The molecule has 0 bridgehead atoms. The number of nitro benzene ring substituents is 1. The smallest absolute Gasteiger partial charge is 0.363 e. The molecule has 8 nitrogen and oxygen atoms in total. The van der Waals surface area contributed by atoms with E-state index >= 15 is 0 Å². The Kier molecular flexibility index (Phi) is 6.68. The van der Waals surface area contributed by atoms with Crippen molar-refractivity contribution in [3.8, 4) is 11.5 Å². The molecule has 1 aliphatic heterocycles. The zero-order chi connectivity index (χ0) is 21.7. The lowest BCUT2D eigenvalue weighted by Gasteiger charge is -2.14. The average molecular weight is 431 g/mol. The van der Waals surface area contributed by atoms with Gasteiger partial charge in [0.1, 0.15) is 0 Å². The molecule has 0 spiro atoms. The summed E-state index contributed by atoms with van der Waals surface area (Å²) in [5.74, 6) is 0.353. The van der Waals surface area contributed by atoms with E-state index in [1.165, 1.54) is 30.3 Å². The molecule has 1 heterocycles. The van der Waals surface area contributed by atoms with E-state index in [4.69, 9.17) is 25.8 Å². The van der Waals surface area contributed by atoms with Gasteiger partial charge in [-0.3, -0.25) is 10.1 Å². The maximum absolute atomic E-state index is 12.2. The Hall–Kier alpha value is -3.39. The lowest BCUT2D eigenvalue weighted by atomic mass is 10.1. The van der Waals surface area contributed by atoms with Crippen molar-refractivity contribution in [1.29, 1.82) is 0 Å². The number of rotatable bonds is 8. The average Bonchev–Trinajstić information content (AvgIpc) is 3.08. The molecule has 0 amide bonds. The molecule has 0 aromatic heterocycles. The molecule has 0 aliphatic carbocycles. The van der Waals surface area contributed by atoms with E-state index in [0.717, 1.165) is 6.42 Å². The molecule has 0 saturated heterocycles. The van der Waals surface area contributed by atoms with Crippen molar-refractivity contribution in [2.24, 2.45) is 4.99 Å². The van der Waals surface area contributed by atoms with Crippen LogP contribution in [0.25, 0.3) is 6.08 Å². The topological polar surface area (TPSA) is 100 Å². The minimum absolute atomic E-state index is 0.0667. The molecule has 0 radical (unpaired) electrons. The molecule has 0 saturated carbocycles. The number of aliphatic imine (C=N–C) groups is 1. The van der Waals surface area contributed by atoms with Crippen molar-refractivity contribution in [2.75, 3.05) is 13.2 Å². The predicted octanol–water partition coefficient (Wildman–Crippen LogP) is 4.78. The molecular weight excluding hydrogens is 412 g/mol. The lowest BCUT2D eigenvalue weighted by Crippen LogP contribution is -2.05. The standard InChI is InChI=1S/C21H19ClN2O6/c1-3-9-29-19-16(22)10-13(12-18(19)28-4-2)11-17-21(25)30-20(23-17)14-5-7-15(8-6-14)24(26)27/h5-8,10-12H,3-4,9H2,1-2H3/b17-11-. The maximum Gasteiger partial charge on any atom is 0.363 e. The highest BCUT2D eigenvalue weighted by molar-refractivity contribution is 6.32. The largest absolute Gasteiger partial charge is 0.490 e. The zero-order valence-electron chi connectivity index (χ0n) is 16.4. The molecule has 2 aromatic carbocycles. The first kappa shape index (κ1) is 21.3. The summed E-state index contributed by atoms with van der Waals surface area (Å²) in [7, 11) is 0. The number of ether oxygens (including phenoxy) is 3. The summed E-state index contributed by atoms with van der Waals surface area (Å²) >= 11 is 6.35. The van der Waals surface area contributed by atoms with Crippen LogP contribution >= 0.6 is 11.6 Å². The Morgan fingerprint density at radius 3 is 2.57 bits per heavy atom. The van der Waals surface area contributed by atoms with Gasteiger partial charge in [0.15, 0.2) is 17.2 Å². The molecule has 156 valence electrons. The van der Waals surface area contributed by atoms with Crippen LogP contribution in [0.2, 0.25) is 5.02 Å². The molecule has 3 rings (SSSR count). The van der Waals surface area contributed by atoms with Crippen molar-refractivity contribution in [2.45, 2.75) is 20.3 Å². The van der Waals surface area contributed by atoms with E-state index in [1.807, 2.05) is 13.8 Å². The summed E-state index contributed by atoms with van der Waals surface area (Å²) in [5.41, 5.74) is 1.05. The van der Waals surface area contributed by atoms with Gasteiger partial charge < -0.3 is 14.2 Å². The van der Waals surface area contributed by atoms with Gasteiger partial charge in [-0.1, -0.05) is 18.5 Å². The molecule has 2 aromatic rings. The van der Waals surface area contributed by atoms with Crippen LogP contribution in [0.1, 0.15) is 31.4 Å². The molecule has 0 atom stereocenters. The SMILES string of the molecule is CCCOc1c(Cl)cc(/C=C2\N=C(c3ccc([N+](=O)[O-])cc3)OC2=O)cc1OCC. The lowest BCUT2D eigenvalue weighted by molar-refractivity contribution is -0.384. The quantitative estimate of drug-likeness (QED) is 0.258. The molecule has 1 aliphatic rings. The second-order valence-electron chi connectivity index (χ2n) is 6.25. The molecule has 0 unspecified atom stereocenters. The number of non-ortho nitro benzene ring substituents is 1. The molecule has 0 N–H and O–H groups in total. The number of halogens is 1. The van der Waals surface area contributed by atoms with Crippen LogP contribution in [0, 0.1) is 10.1 Å². The third kappa shape index (κ3) is 4.77. The third-order valence-corrected chi connectivity index (χ3v) is 4.31. The van der Waals surface area contributed by atoms with Crippen LogP contribution < -0.4 is 9.47 Å². The van der Waals surface area contributed by atoms with Crippen LogP contribution in [-0.4, -0.2) is 30.0 Å². The summed E-state index contributed by atoms with van der Waals surface area (Å²) in [6.45, 7) is 4.75. The first-order valence-corrected chi connectivity index (χ1v) is 9.67. The van der Waals surface area contributed by atoms with Gasteiger partial charge >= 0.3 is 5.97 Å². The van der Waals surface area contributed by atoms with Crippen molar-refractivity contribution in [3.05, 3.63) is 68.4 Å². The minimum atomic E-state index is -0.635. The number of cyclic esters (lactones) is 1. The fourth-order valence-electron chi connectivity index (χ4n) is 2.69. The van der Waals surface area contributed by atoms with Gasteiger partial charge in [0.2, 0.25) is 5.90 Å². The van der Waals surface area contributed by atoms with E-state index in [1.54, 1.807) is 12.1 Å². The highest BCUT2D eigenvalue weighted by atomic mass is 35.5. The Morgan fingerprint density at radius 1 is 1.20 bits per heavy atom.